The van der Waals surface area contributed by atoms with Gasteiger partial charge in [-0.15, -0.1) is 0 Å². The van der Waals surface area contributed by atoms with Crippen molar-refractivity contribution < 1.29 is 42.8 Å². The topological polar surface area (TPSA) is 116 Å². The molecule has 0 N–H and O–H groups in total. The predicted octanol–water partition coefficient (Wildman–Crippen LogP) is 4.32. The molecule has 4 aliphatic rings. The van der Waals surface area contributed by atoms with E-state index in [1.165, 1.54) is 0 Å². The van der Waals surface area contributed by atoms with Crippen molar-refractivity contribution in [1.82, 2.24) is 0 Å². The molecule has 3 heterocycles. The Kier molecular flexibility index (Phi) is 12.5. The minimum absolute atomic E-state index is 0.0299. The van der Waals surface area contributed by atoms with Gasteiger partial charge < -0.3 is 28.4 Å². The van der Waals surface area contributed by atoms with Crippen molar-refractivity contribution in [1.29, 1.82) is 0 Å². The fourth-order valence-electron chi connectivity index (χ4n) is 5.27. The van der Waals surface area contributed by atoms with E-state index in [0.29, 0.717) is 39.3 Å². The molecule has 0 aromatic rings. The molecule has 9 heteroatoms. The molecular formula is C31H46O9. The third kappa shape index (κ3) is 11.0. The molecule has 0 spiro atoms. The standard InChI is InChI=1S/C31H46O9/c1-2-3-8-11-22-14-15-23(12-9-6-4-5-7-10-13-27(32)38-19-24-16-35-24)29(31(34)40-21-26-18-37-26)28(22)30(33)39-20-25-17-36-25/h3,8,14-15,22-26,28-29H,2,4-7,9-13,16-21H2,1H3/b8-3+. The summed E-state index contributed by atoms with van der Waals surface area (Å²) in [4.78, 5) is 38.5. The molecule has 0 aromatic carbocycles. The first-order chi connectivity index (χ1) is 19.5. The molecular weight excluding hydrogens is 516 g/mol. The van der Waals surface area contributed by atoms with E-state index in [1.54, 1.807) is 0 Å². The summed E-state index contributed by atoms with van der Waals surface area (Å²) in [6.45, 7) is 4.81. The zero-order valence-corrected chi connectivity index (χ0v) is 23.8. The molecule has 224 valence electrons. The Balaban J connectivity index is 1.26. The van der Waals surface area contributed by atoms with Gasteiger partial charge in [0.15, 0.2) is 0 Å². The Bertz CT molecular complexity index is 872. The Morgan fingerprint density at radius 3 is 1.77 bits per heavy atom. The maximum atomic E-state index is 13.4. The van der Waals surface area contributed by atoms with Gasteiger partial charge in [0.05, 0.1) is 31.7 Å². The Morgan fingerprint density at radius 2 is 1.20 bits per heavy atom. The van der Waals surface area contributed by atoms with E-state index in [2.05, 4.69) is 31.2 Å². The number of ether oxygens (including phenoxy) is 6. The van der Waals surface area contributed by atoms with Crippen LogP contribution in [0.2, 0.25) is 0 Å². The van der Waals surface area contributed by atoms with Crippen LogP contribution >= 0.6 is 0 Å². The number of rotatable bonds is 20. The molecule has 9 nitrogen and oxygen atoms in total. The summed E-state index contributed by atoms with van der Waals surface area (Å²) in [5, 5.41) is 0. The summed E-state index contributed by atoms with van der Waals surface area (Å²) in [6.07, 6.45) is 17.2. The SMILES string of the molecule is CC/C=C/CC1C=CC(CCCCCCCCC(=O)OCC2CO2)C(C(=O)OCC2CO2)C1C(=O)OCC1CO1. The van der Waals surface area contributed by atoms with E-state index >= 15 is 0 Å². The smallest absolute Gasteiger partial charge is 0.310 e. The van der Waals surface area contributed by atoms with Gasteiger partial charge >= 0.3 is 17.9 Å². The van der Waals surface area contributed by atoms with Gasteiger partial charge in [-0.05, 0) is 37.5 Å². The van der Waals surface area contributed by atoms with Gasteiger partial charge in [0.1, 0.15) is 38.1 Å². The predicted molar refractivity (Wildman–Crippen MR) is 146 cm³/mol. The lowest BCUT2D eigenvalue weighted by Crippen LogP contribution is -2.43. The van der Waals surface area contributed by atoms with Crippen LogP contribution in [-0.4, -0.2) is 75.9 Å². The maximum Gasteiger partial charge on any atom is 0.310 e. The van der Waals surface area contributed by atoms with Crippen LogP contribution in [0, 0.1) is 23.7 Å². The second kappa shape index (κ2) is 16.3. The van der Waals surface area contributed by atoms with E-state index in [-0.39, 0.29) is 61.3 Å². The van der Waals surface area contributed by atoms with Crippen molar-refractivity contribution in [2.45, 2.75) is 89.4 Å². The van der Waals surface area contributed by atoms with E-state index in [1.807, 2.05) is 0 Å². The van der Waals surface area contributed by atoms with Gasteiger partial charge in [0.2, 0.25) is 0 Å². The lowest BCUT2D eigenvalue weighted by molar-refractivity contribution is -0.165. The number of allylic oxidation sites excluding steroid dienone is 4. The van der Waals surface area contributed by atoms with E-state index in [4.69, 9.17) is 28.4 Å². The number of epoxide rings is 3. The molecule has 0 radical (unpaired) electrons. The fourth-order valence-corrected chi connectivity index (χ4v) is 5.27. The average Bonchev–Trinajstić information content (AvgIpc) is 3.81. The quantitative estimate of drug-likeness (QED) is 0.0703. The third-order valence-electron chi connectivity index (χ3n) is 7.90. The van der Waals surface area contributed by atoms with Crippen LogP contribution in [-0.2, 0) is 42.8 Å². The molecule has 1 aliphatic carbocycles. The van der Waals surface area contributed by atoms with Crippen LogP contribution < -0.4 is 0 Å². The van der Waals surface area contributed by atoms with E-state index in [9.17, 15) is 14.4 Å². The molecule has 3 aliphatic heterocycles. The maximum absolute atomic E-state index is 13.4. The average molecular weight is 563 g/mol. The highest BCUT2D eigenvalue weighted by atomic mass is 16.6. The van der Waals surface area contributed by atoms with E-state index in [0.717, 1.165) is 51.4 Å². The minimum Gasteiger partial charge on any atom is -0.463 e. The highest BCUT2D eigenvalue weighted by molar-refractivity contribution is 5.83. The highest BCUT2D eigenvalue weighted by Crippen LogP contribution is 2.40. The fraction of sp³-hybridized carbons (Fsp3) is 0.774. The molecule has 0 saturated carbocycles. The lowest BCUT2D eigenvalue weighted by atomic mass is 9.68. The van der Waals surface area contributed by atoms with Crippen LogP contribution in [0.3, 0.4) is 0 Å². The third-order valence-corrected chi connectivity index (χ3v) is 7.90. The summed E-state index contributed by atoms with van der Waals surface area (Å²) in [7, 11) is 0. The summed E-state index contributed by atoms with van der Waals surface area (Å²) in [5.41, 5.74) is 0. The van der Waals surface area contributed by atoms with Crippen LogP contribution in [0.1, 0.15) is 71.1 Å². The monoisotopic (exact) mass is 562 g/mol. The largest absolute Gasteiger partial charge is 0.463 e. The van der Waals surface area contributed by atoms with Crippen LogP contribution in [0.5, 0.6) is 0 Å². The summed E-state index contributed by atoms with van der Waals surface area (Å²) in [6, 6.07) is 0. The van der Waals surface area contributed by atoms with Gasteiger partial charge in [-0.3, -0.25) is 14.4 Å². The van der Waals surface area contributed by atoms with Crippen molar-refractivity contribution in [3.05, 3.63) is 24.3 Å². The zero-order valence-electron chi connectivity index (χ0n) is 23.8. The molecule has 0 bridgehead atoms. The minimum atomic E-state index is -0.589. The van der Waals surface area contributed by atoms with Crippen molar-refractivity contribution in [2.75, 3.05) is 39.6 Å². The number of hydrogen-bond acceptors (Lipinski definition) is 9. The molecule has 7 atom stereocenters. The molecule has 0 amide bonds. The van der Waals surface area contributed by atoms with Gasteiger partial charge in [-0.1, -0.05) is 63.3 Å². The van der Waals surface area contributed by atoms with Crippen LogP contribution in [0.4, 0.5) is 0 Å². The second-order valence-electron chi connectivity index (χ2n) is 11.3. The Morgan fingerprint density at radius 1 is 0.700 bits per heavy atom. The van der Waals surface area contributed by atoms with Crippen molar-refractivity contribution in [2.24, 2.45) is 23.7 Å². The lowest BCUT2D eigenvalue weighted by Gasteiger charge is -2.36. The number of carbonyl (C=O) groups excluding carboxylic acids is 3. The number of hydrogen-bond donors (Lipinski definition) is 0. The number of esters is 3. The first-order valence-electron chi connectivity index (χ1n) is 15.2. The molecule has 3 fully saturated rings. The first-order valence-corrected chi connectivity index (χ1v) is 15.2. The molecule has 0 aromatic heterocycles. The van der Waals surface area contributed by atoms with E-state index < -0.39 is 11.8 Å². The molecule has 7 unspecified atom stereocenters. The van der Waals surface area contributed by atoms with Crippen molar-refractivity contribution in [3.63, 3.8) is 0 Å². The first kappa shape index (κ1) is 30.7. The number of unbranched alkanes of at least 4 members (excludes halogenated alkanes) is 5. The highest BCUT2D eigenvalue weighted by Gasteiger charge is 2.46. The van der Waals surface area contributed by atoms with Crippen molar-refractivity contribution in [3.8, 4) is 0 Å². The van der Waals surface area contributed by atoms with Crippen LogP contribution in [0.25, 0.3) is 0 Å². The van der Waals surface area contributed by atoms with Gasteiger partial charge in [0.25, 0.3) is 0 Å². The zero-order chi connectivity index (χ0) is 28.2. The summed E-state index contributed by atoms with van der Waals surface area (Å²) >= 11 is 0. The summed E-state index contributed by atoms with van der Waals surface area (Å²) < 4.78 is 32.0. The molecule has 4 rings (SSSR count). The molecule has 40 heavy (non-hydrogen) atoms. The normalized spacial score (nSPS) is 30.2. The van der Waals surface area contributed by atoms with Crippen LogP contribution in [0.15, 0.2) is 24.3 Å². The molecule has 3 saturated heterocycles. The Hall–Kier alpha value is -2.23. The Labute approximate surface area is 237 Å². The van der Waals surface area contributed by atoms with Gasteiger partial charge in [-0.25, -0.2) is 0 Å². The summed E-state index contributed by atoms with van der Waals surface area (Å²) in [5.74, 6) is -2.19. The second-order valence-corrected chi connectivity index (χ2v) is 11.3. The van der Waals surface area contributed by atoms with Gasteiger partial charge in [0, 0.05) is 6.42 Å². The van der Waals surface area contributed by atoms with Crippen molar-refractivity contribution >= 4 is 17.9 Å². The van der Waals surface area contributed by atoms with Gasteiger partial charge in [-0.2, -0.15) is 0 Å². The number of carbonyl (C=O) groups is 3.